The lowest BCUT2D eigenvalue weighted by molar-refractivity contribution is -0.163. The molecule has 0 amide bonds. The van der Waals surface area contributed by atoms with Crippen molar-refractivity contribution in [1.29, 1.82) is 0 Å². The van der Waals surface area contributed by atoms with Crippen LogP contribution in [0, 0.1) is 0 Å². The van der Waals surface area contributed by atoms with E-state index in [-0.39, 0.29) is 18.1 Å². The van der Waals surface area contributed by atoms with Crippen LogP contribution in [0.5, 0.6) is 0 Å². The summed E-state index contributed by atoms with van der Waals surface area (Å²) in [5.41, 5.74) is 3.68. The summed E-state index contributed by atoms with van der Waals surface area (Å²) < 4.78 is 5.14. The van der Waals surface area contributed by atoms with E-state index in [1.54, 1.807) is 0 Å². The maximum Gasteiger partial charge on any atom is 0.368 e. The lowest BCUT2D eigenvalue weighted by Gasteiger charge is -2.26. The first-order valence-corrected chi connectivity index (χ1v) is 9.09. The third-order valence-corrected chi connectivity index (χ3v) is 4.05. The molecule has 0 bridgehead atoms. The molecule has 2 N–H and O–H groups in total. The summed E-state index contributed by atoms with van der Waals surface area (Å²) in [4.78, 5) is 41.0. The molecule has 0 aromatic heterocycles. The Bertz CT molecular complexity index is 688. The highest BCUT2D eigenvalue weighted by Gasteiger charge is 2.30. The topological polar surface area (TPSA) is 118 Å². The Morgan fingerprint density at radius 3 is 1.50 bits per heavy atom. The van der Waals surface area contributed by atoms with Gasteiger partial charge in [-0.25, -0.2) is 9.59 Å². The van der Waals surface area contributed by atoms with Gasteiger partial charge >= 0.3 is 17.9 Å². The third kappa shape index (κ3) is 7.50. The van der Waals surface area contributed by atoms with Crippen LogP contribution in [0.15, 0.2) is 12.1 Å². The highest BCUT2D eigenvalue weighted by Crippen LogP contribution is 2.37. The zero-order chi connectivity index (χ0) is 22.2. The molecule has 0 radical (unpaired) electrons. The van der Waals surface area contributed by atoms with Crippen LogP contribution >= 0.6 is 0 Å². The predicted octanol–water partition coefficient (Wildman–Crippen LogP) is 4.02. The monoisotopic (exact) mass is 394 g/mol. The second kappa shape index (κ2) is 11.2. The fraction of sp³-hybridized carbons (Fsp3) is 0.524. The third-order valence-electron chi connectivity index (χ3n) is 4.05. The van der Waals surface area contributed by atoms with E-state index < -0.39 is 24.0 Å². The minimum absolute atomic E-state index is 0.138. The fourth-order valence-corrected chi connectivity index (χ4v) is 2.71. The standard InChI is InChI=1S/C19H28O4.C2H2O3/c1-10(2)14-8-15(11(3)4)17(16(9-14)12(5)6)18(19(21)22)23-13(7)20;3-1-2(4)5/h8-12,18H,1-7H3,(H,21,22);1H,(H,4,5). The van der Waals surface area contributed by atoms with Gasteiger partial charge in [0.1, 0.15) is 0 Å². The van der Waals surface area contributed by atoms with E-state index in [0.717, 1.165) is 11.1 Å². The van der Waals surface area contributed by atoms with E-state index in [9.17, 15) is 14.7 Å². The summed E-state index contributed by atoms with van der Waals surface area (Å²) >= 11 is 0. The number of carboxylic acid groups (broad SMARTS) is 2. The van der Waals surface area contributed by atoms with Crippen LogP contribution in [0.1, 0.15) is 94.6 Å². The van der Waals surface area contributed by atoms with Crippen LogP contribution in [0.25, 0.3) is 0 Å². The van der Waals surface area contributed by atoms with Gasteiger partial charge in [-0.15, -0.1) is 0 Å². The highest BCUT2D eigenvalue weighted by atomic mass is 16.6. The summed E-state index contributed by atoms with van der Waals surface area (Å²) in [6.45, 7) is 13.6. The molecule has 1 atom stereocenters. The molecule has 0 fully saturated rings. The molecule has 0 saturated heterocycles. The number of carboxylic acids is 2. The molecular weight excluding hydrogens is 364 g/mol. The molecule has 0 aliphatic heterocycles. The smallest absolute Gasteiger partial charge is 0.368 e. The number of carbonyl (C=O) groups excluding carboxylic acids is 2. The average Bonchev–Trinajstić information content (AvgIpc) is 2.58. The molecule has 1 aromatic rings. The Morgan fingerprint density at radius 2 is 1.29 bits per heavy atom. The second-order valence-electron chi connectivity index (χ2n) is 7.36. The van der Waals surface area contributed by atoms with Gasteiger partial charge in [0.2, 0.25) is 12.4 Å². The number of hydrogen-bond acceptors (Lipinski definition) is 5. The molecule has 0 saturated carbocycles. The highest BCUT2D eigenvalue weighted by molar-refractivity contribution is 6.19. The maximum atomic E-state index is 11.7. The minimum Gasteiger partial charge on any atom is -0.478 e. The van der Waals surface area contributed by atoms with Gasteiger partial charge in [-0.3, -0.25) is 9.59 Å². The summed E-state index contributed by atoms with van der Waals surface area (Å²) in [5, 5.41) is 16.9. The normalized spacial score (nSPS) is 11.6. The van der Waals surface area contributed by atoms with Gasteiger partial charge in [-0.05, 0) is 34.4 Å². The molecular formula is C21H30O7. The van der Waals surface area contributed by atoms with E-state index in [1.807, 2.05) is 27.7 Å². The SMILES string of the molecule is CC(=O)OC(C(=O)O)c1c(C(C)C)cc(C(C)C)cc1C(C)C.O=CC(=O)O. The van der Waals surface area contributed by atoms with Crippen molar-refractivity contribution in [3.05, 3.63) is 34.4 Å². The first-order valence-electron chi connectivity index (χ1n) is 9.09. The average molecular weight is 394 g/mol. The molecule has 0 aliphatic rings. The van der Waals surface area contributed by atoms with Crippen molar-refractivity contribution < 1.29 is 34.1 Å². The number of rotatable bonds is 7. The number of ether oxygens (including phenoxy) is 1. The largest absolute Gasteiger partial charge is 0.478 e. The van der Waals surface area contributed by atoms with Crippen LogP contribution in [-0.2, 0) is 23.9 Å². The summed E-state index contributed by atoms with van der Waals surface area (Å²) in [6, 6.07) is 4.10. The van der Waals surface area contributed by atoms with E-state index in [0.29, 0.717) is 11.5 Å². The molecule has 0 spiro atoms. The first kappa shape index (κ1) is 25.3. The van der Waals surface area contributed by atoms with Gasteiger partial charge in [0, 0.05) is 12.5 Å². The van der Waals surface area contributed by atoms with E-state index in [4.69, 9.17) is 19.4 Å². The molecule has 28 heavy (non-hydrogen) atoms. The minimum atomic E-state index is -1.43. The van der Waals surface area contributed by atoms with E-state index in [1.165, 1.54) is 12.5 Å². The maximum absolute atomic E-state index is 11.7. The Kier molecular flexibility index (Phi) is 10.1. The van der Waals surface area contributed by atoms with Crippen molar-refractivity contribution in [2.75, 3.05) is 0 Å². The number of carbonyl (C=O) groups is 4. The van der Waals surface area contributed by atoms with Gasteiger partial charge in [-0.2, -0.15) is 0 Å². The van der Waals surface area contributed by atoms with Crippen LogP contribution in [0.3, 0.4) is 0 Å². The zero-order valence-electron chi connectivity index (χ0n) is 17.5. The first-order chi connectivity index (χ1) is 12.8. The Balaban J connectivity index is 0.00000129. The number of aliphatic carboxylic acids is 2. The predicted molar refractivity (Wildman–Crippen MR) is 105 cm³/mol. The Hall–Kier alpha value is -2.70. The van der Waals surface area contributed by atoms with Gasteiger partial charge in [0.15, 0.2) is 0 Å². The summed E-state index contributed by atoms with van der Waals surface area (Å²) in [5.74, 6) is -2.53. The van der Waals surface area contributed by atoms with Crippen molar-refractivity contribution in [2.45, 2.75) is 72.3 Å². The number of esters is 1. The van der Waals surface area contributed by atoms with Gasteiger partial charge in [0.05, 0.1) is 0 Å². The lowest BCUT2D eigenvalue weighted by atomic mass is 9.82. The van der Waals surface area contributed by atoms with Crippen LogP contribution in [-0.4, -0.2) is 34.4 Å². The van der Waals surface area contributed by atoms with E-state index in [2.05, 4.69) is 26.0 Å². The molecule has 0 heterocycles. The van der Waals surface area contributed by atoms with Crippen molar-refractivity contribution >= 4 is 24.2 Å². The molecule has 1 unspecified atom stereocenters. The zero-order valence-corrected chi connectivity index (χ0v) is 17.5. The molecule has 1 aromatic carbocycles. The number of aldehydes is 1. The molecule has 1 rings (SSSR count). The summed E-state index contributed by atoms with van der Waals surface area (Å²) in [7, 11) is 0. The van der Waals surface area contributed by atoms with Crippen molar-refractivity contribution in [1.82, 2.24) is 0 Å². The lowest BCUT2D eigenvalue weighted by Crippen LogP contribution is -2.22. The molecule has 7 heteroatoms. The van der Waals surface area contributed by atoms with Gasteiger partial charge in [0.25, 0.3) is 0 Å². The van der Waals surface area contributed by atoms with Gasteiger partial charge < -0.3 is 14.9 Å². The van der Waals surface area contributed by atoms with E-state index >= 15 is 0 Å². The van der Waals surface area contributed by atoms with Crippen molar-refractivity contribution in [3.8, 4) is 0 Å². The van der Waals surface area contributed by atoms with Crippen molar-refractivity contribution in [3.63, 3.8) is 0 Å². The quantitative estimate of drug-likeness (QED) is 0.407. The summed E-state index contributed by atoms with van der Waals surface area (Å²) in [6.07, 6.45) is -1.43. The van der Waals surface area contributed by atoms with Crippen LogP contribution in [0.2, 0.25) is 0 Å². The number of benzene rings is 1. The second-order valence-corrected chi connectivity index (χ2v) is 7.36. The van der Waals surface area contributed by atoms with Crippen molar-refractivity contribution in [2.24, 2.45) is 0 Å². The van der Waals surface area contributed by atoms with Crippen LogP contribution in [0.4, 0.5) is 0 Å². The Morgan fingerprint density at radius 1 is 0.893 bits per heavy atom. The number of hydrogen-bond donors (Lipinski definition) is 2. The fourth-order valence-electron chi connectivity index (χ4n) is 2.71. The molecule has 7 nitrogen and oxygen atoms in total. The molecule has 0 aliphatic carbocycles. The molecule has 156 valence electrons. The Labute approximate surface area is 165 Å². The van der Waals surface area contributed by atoms with Gasteiger partial charge in [-0.1, -0.05) is 53.7 Å². The van der Waals surface area contributed by atoms with Crippen LogP contribution < -0.4 is 0 Å².